The highest BCUT2D eigenvalue weighted by molar-refractivity contribution is 7.21. The summed E-state index contributed by atoms with van der Waals surface area (Å²) in [5.74, 6) is 1.19. The first kappa shape index (κ1) is 22.5. The van der Waals surface area contributed by atoms with Gasteiger partial charge < -0.3 is 21.1 Å². The molecular formula is C27H25N5O3S. The van der Waals surface area contributed by atoms with Crippen LogP contribution in [-0.2, 0) is 0 Å². The van der Waals surface area contributed by atoms with E-state index >= 15 is 0 Å². The molecule has 0 bridgehead atoms. The third-order valence-electron chi connectivity index (χ3n) is 6.73. The SMILES string of the molecule is Cc1cc(Oc2ccccc2)ccc1N1C(=O)Nc2c(C(=O)N[C@@H]3CCCC3N)sc3nccc1c23. The zero-order valence-corrected chi connectivity index (χ0v) is 20.5. The van der Waals surface area contributed by atoms with E-state index in [4.69, 9.17) is 10.5 Å². The molecule has 9 heteroatoms. The van der Waals surface area contributed by atoms with Crippen molar-refractivity contribution in [2.75, 3.05) is 10.2 Å². The molecule has 2 aromatic heterocycles. The number of carbonyl (C=O) groups is 2. The van der Waals surface area contributed by atoms with Crippen molar-refractivity contribution in [1.29, 1.82) is 0 Å². The summed E-state index contributed by atoms with van der Waals surface area (Å²) in [5, 5.41) is 6.77. The van der Waals surface area contributed by atoms with Crippen molar-refractivity contribution in [3.8, 4) is 11.5 Å². The summed E-state index contributed by atoms with van der Waals surface area (Å²) in [6.07, 6.45) is 4.42. The molecule has 8 nitrogen and oxygen atoms in total. The summed E-state index contributed by atoms with van der Waals surface area (Å²) in [5.41, 5.74) is 8.93. The van der Waals surface area contributed by atoms with Crippen molar-refractivity contribution in [2.24, 2.45) is 5.73 Å². The summed E-state index contributed by atoms with van der Waals surface area (Å²) < 4.78 is 5.95. The number of para-hydroxylation sites is 1. The molecule has 1 aliphatic carbocycles. The molecular weight excluding hydrogens is 474 g/mol. The van der Waals surface area contributed by atoms with E-state index in [9.17, 15) is 9.59 Å². The maximum absolute atomic E-state index is 13.4. The number of hydrogen-bond donors (Lipinski definition) is 3. The Morgan fingerprint density at radius 2 is 1.97 bits per heavy atom. The van der Waals surface area contributed by atoms with Crippen LogP contribution in [0.3, 0.4) is 0 Å². The van der Waals surface area contributed by atoms with E-state index in [1.165, 1.54) is 11.3 Å². The first-order valence-corrected chi connectivity index (χ1v) is 12.7. The van der Waals surface area contributed by atoms with Gasteiger partial charge in [0, 0.05) is 18.3 Å². The number of hydrogen-bond acceptors (Lipinski definition) is 6. The van der Waals surface area contributed by atoms with Gasteiger partial charge in [-0.05, 0) is 68.1 Å². The molecule has 4 aromatic rings. The maximum atomic E-state index is 13.4. The van der Waals surface area contributed by atoms with Crippen LogP contribution in [0.15, 0.2) is 60.8 Å². The van der Waals surface area contributed by atoms with Crippen LogP contribution in [0.25, 0.3) is 10.2 Å². The van der Waals surface area contributed by atoms with Gasteiger partial charge in [-0.2, -0.15) is 0 Å². The molecule has 1 fully saturated rings. The lowest BCUT2D eigenvalue weighted by Gasteiger charge is -2.29. The van der Waals surface area contributed by atoms with E-state index < -0.39 is 0 Å². The second-order valence-corrected chi connectivity index (χ2v) is 10.1. The van der Waals surface area contributed by atoms with E-state index in [1.807, 2.05) is 55.5 Å². The van der Waals surface area contributed by atoms with Gasteiger partial charge in [-0.15, -0.1) is 11.3 Å². The Bertz CT molecular complexity index is 1490. The van der Waals surface area contributed by atoms with Gasteiger partial charge >= 0.3 is 6.03 Å². The van der Waals surface area contributed by atoms with Gasteiger partial charge in [-0.25, -0.2) is 9.78 Å². The van der Waals surface area contributed by atoms with Crippen LogP contribution < -0.4 is 26.0 Å². The minimum absolute atomic E-state index is 0.0460. The molecule has 3 amide bonds. The lowest BCUT2D eigenvalue weighted by atomic mass is 10.1. The number of carbonyl (C=O) groups excluding carboxylic acids is 2. The number of amides is 3. The van der Waals surface area contributed by atoms with E-state index in [1.54, 1.807) is 17.2 Å². The van der Waals surface area contributed by atoms with Crippen LogP contribution >= 0.6 is 11.3 Å². The zero-order valence-electron chi connectivity index (χ0n) is 19.7. The Kier molecular flexibility index (Phi) is 5.58. The van der Waals surface area contributed by atoms with Gasteiger partial charge in [0.15, 0.2) is 0 Å². The number of ether oxygens (including phenoxy) is 1. The van der Waals surface area contributed by atoms with E-state index in [0.717, 1.165) is 41.6 Å². The van der Waals surface area contributed by atoms with E-state index in [0.29, 0.717) is 26.8 Å². The van der Waals surface area contributed by atoms with Gasteiger partial charge in [0.2, 0.25) is 0 Å². The number of nitrogens with two attached hydrogens (primary N) is 1. The molecule has 0 spiro atoms. The summed E-state index contributed by atoms with van der Waals surface area (Å²) >= 11 is 1.28. The fourth-order valence-corrected chi connectivity index (χ4v) is 5.97. The molecule has 2 aliphatic rings. The Labute approximate surface area is 212 Å². The summed E-state index contributed by atoms with van der Waals surface area (Å²) in [6.45, 7) is 1.94. The van der Waals surface area contributed by atoms with Crippen LogP contribution in [0.5, 0.6) is 11.5 Å². The summed E-state index contributed by atoms with van der Waals surface area (Å²) in [4.78, 5) is 33.8. The van der Waals surface area contributed by atoms with Crippen LogP contribution in [-0.4, -0.2) is 29.0 Å². The smallest absolute Gasteiger partial charge is 0.331 e. The van der Waals surface area contributed by atoms with Crippen molar-refractivity contribution < 1.29 is 14.3 Å². The van der Waals surface area contributed by atoms with Crippen LogP contribution in [0.1, 0.15) is 34.5 Å². The maximum Gasteiger partial charge on any atom is 0.331 e. The zero-order chi connectivity index (χ0) is 24.8. The van der Waals surface area contributed by atoms with Crippen LogP contribution in [0.4, 0.5) is 21.9 Å². The summed E-state index contributed by atoms with van der Waals surface area (Å²) in [6, 6.07) is 16.5. The standard InChI is InChI=1S/C27H25N5O3S/c1-15-14-17(35-16-6-3-2-4-7-16)10-11-20(15)32-21-12-13-29-26-22(21)23(31-27(32)34)24(36-26)25(33)30-19-9-5-8-18(19)28/h2-4,6-7,10-14,18-19H,5,8-9,28H2,1H3,(H,30,33)(H,31,34)/t18?,19-/m1/s1. The number of aryl methyl sites for hydroxylation is 1. The Hall–Kier alpha value is -3.95. The molecule has 2 aromatic carbocycles. The number of pyridine rings is 1. The fraction of sp³-hybridized carbons (Fsp3) is 0.222. The lowest BCUT2D eigenvalue weighted by molar-refractivity contribution is 0.0939. The highest BCUT2D eigenvalue weighted by atomic mass is 32.1. The topological polar surface area (TPSA) is 110 Å². The molecule has 36 heavy (non-hydrogen) atoms. The summed E-state index contributed by atoms with van der Waals surface area (Å²) in [7, 11) is 0. The van der Waals surface area contributed by atoms with Gasteiger partial charge in [-0.3, -0.25) is 9.69 Å². The second-order valence-electron chi connectivity index (χ2n) is 9.12. The second kappa shape index (κ2) is 8.92. The predicted molar refractivity (Wildman–Crippen MR) is 142 cm³/mol. The van der Waals surface area contributed by atoms with Crippen molar-refractivity contribution in [2.45, 2.75) is 38.3 Å². The molecule has 6 rings (SSSR count). The quantitative estimate of drug-likeness (QED) is 0.327. The Morgan fingerprint density at radius 1 is 1.14 bits per heavy atom. The molecule has 0 saturated heterocycles. The number of nitrogens with zero attached hydrogens (tertiary/aromatic N) is 2. The number of thiophene rings is 1. The highest BCUT2D eigenvalue weighted by Crippen LogP contribution is 2.46. The molecule has 1 unspecified atom stereocenters. The number of rotatable bonds is 5. The molecule has 1 saturated carbocycles. The molecule has 2 atom stereocenters. The minimum atomic E-state index is -0.333. The average Bonchev–Trinajstić information content (AvgIpc) is 3.45. The predicted octanol–water partition coefficient (Wildman–Crippen LogP) is 5.69. The Morgan fingerprint density at radius 3 is 2.72 bits per heavy atom. The van der Waals surface area contributed by atoms with Gasteiger partial charge in [-0.1, -0.05) is 18.2 Å². The molecule has 1 aliphatic heterocycles. The third-order valence-corrected chi connectivity index (χ3v) is 7.82. The lowest BCUT2D eigenvalue weighted by Crippen LogP contribution is -2.44. The van der Waals surface area contributed by atoms with Gasteiger partial charge in [0.1, 0.15) is 21.2 Å². The number of urea groups is 1. The van der Waals surface area contributed by atoms with Crippen LogP contribution in [0, 0.1) is 6.92 Å². The minimum Gasteiger partial charge on any atom is -0.457 e. The molecule has 0 radical (unpaired) electrons. The van der Waals surface area contributed by atoms with Crippen LogP contribution in [0.2, 0.25) is 0 Å². The number of benzene rings is 2. The largest absolute Gasteiger partial charge is 0.457 e. The van der Waals surface area contributed by atoms with Crippen molar-refractivity contribution in [3.05, 3.63) is 71.2 Å². The van der Waals surface area contributed by atoms with Crippen molar-refractivity contribution in [1.82, 2.24) is 10.3 Å². The van der Waals surface area contributed by atoms with E-state index in [2.05, 4.69) is 15.6 Å². The molecule has 3 heterocycles. The van der Waals surface area contributed by atoms with E-state index in [-0.39, 0.29) is 24.0 Å². The Balaban J connectivity index is 1.35. The molecule has 4 N–H and O–H groups in total. The fourth-order valence-electron chi connectivity index (χ4n) is 4.95. The normalized spacial score (nSPS) is 18.8. The number of anilines is 3. The van der Waals surface area contributed by atoms with Crippen molar-refractivity contribution >= 4 is 50.6 Å². The first-order valence-electron chi connectivity index (χ1n) is 11.9. The molecule has 182 valence electrons. The average molecular weight is 500 g/mol. The van der Waals surface area contributed by atoms with Gasteiger partial charge in [0.05, 0.1) is 22.4 Å². The third kappa shape index (κ3) is 3.86. The number of nitrogens with one attached hydrogen (secondary N) is 2. The first-order chi connectivity index (χ1) is 17.5. The van der Waals surface area contributed by atoms with Crippen molar-refractivity contribution in [3.63, 3.8) is 0 Å². The van der Waals surface area contributed by atoms with Gasteiger partial charge in [0.25, 0.3) is 5.91 Å². The number of aromatic nitrogens is 1. The monoisotopic (exact) mass is 499 g/mol. The highest BCUT2D eigenvalue weighted by Gasteiger charge is 2.34.